The first kappa shape index (κ1) is 14.8. The maximum atomic E-state index is 8.69. The van der Waals surface area contributed by atoms with Crippen LogP contribution in [0, 0.1) is 23.2 Å². The van der Waals surface area contributed by atoms with E-state index in [4.69, 9.17) is 5.26 Å². The molecule has 2 unspecified atom stereocenters. The molecule has 0 aliphatic carbocycles. The van der Waals surface area contributed by atoms with Crippen LogP contribution >= 0.6 is 0 Å². The highest BCUT2D eigenvalue weighted by atomic mass is 15.1. The van der Waals surface area contributed by atoms with Crippen molar-refractivity contribution in [3.05, 3.63) is 24.0 Å². The molecule has 1 aliphatic rings. The number of nitriles is 1. The van der Waals surface area contributed by atoms with Crippen LogP contribution in [0.1, 0.15) is 32.4 Å². The van der Waals surface area contributed by atoms with Crippen molar-refractivity contribution in [1.82, 2.24) is 9.88 Å². The molecule has 0 bridgehead atoms. The van der Waals surface area contributed by atoms with E-state index in [2.05, 4.69) is 29.0 Å². The van der Waals surface area contributed by atoms with Crippen LogP contribution in [0.5, 0.6) is 0 Å². The molecule has 4 heteroatoms. The van der Waals surface area contributed by atoms with Crippen molar-refractivity contribution in [3.8, 4) is 6.07 Å². The van der Waals surface area contributed by atoms with Gasteiger partial charge in [0.2, 0.25) is 0 Å². The SMILES string of the molecule is CC1CC(C)CN(CCCNc2ccc(C#N)nc2)C1. The Morgan fingerprint density at radius 1 is 1.35 bits per heavy atom. The first-order chi connectivity index (χ1) is 9.67. The Kier molecular flexibility index (Phi) is 5.37. The zero-order valence-corrected chi connectivity index (χ0v) is 12.5. The van der Waals surface area contributed by atoms with Crippen molar-refractivity contribution in [3.63, 3.8) is 0 Å². The summed E-state index contributed by atoms with van der Waals surface area (Å²) in [6.07, 6.45) is 4.23. The summed E-state index contributed by atoms with van der Waals surface area (Å²) in [5.41, 5.74) is 1.45. The smallest absolute Gasteiger partial charge is 0.140 e. The summed E-state index contributed by atoms with van der Waals surface area (Å²) in [5.74, 6) is 1.66. The Balaban J connectivity index is 1.67. The van der Waals surface area contributed by atoms with Crippen LogP contribution in [0.3, 0.4) is 0 Å². The van der Waals surface area contributed by atoms with Gasteiger partial charge in [-0.2, -0.15) is 5.26 Å². The van der Waals surface area contributed by atoms with E-state index in [9.17, 15) is 0 Å². The van der Waals surface area contributed by atoms with Crippen molar-refractivity contribution >= 4 is 5.69 Å². The summed E-state index contributed by atoms with van der Waals surface area (Å²) in [6.45, 7) is 9.29. The van der Waals surface area contributed by atoms with Gasteiger partial charge in [-0.05, 0) is 43.4 Å². The molecule has 20 heavy (non-hydrogen) atoms. The highest BCUT2D eigenvalue weighted by molar-refractivity contribution is 5.42. The summed E-state index contributed by atoms with van der Waals surface area (Å²) in [4.78, 5) is 6.63. The molecule has 108 valence electrons. The highest BCUT2D eigenvalue weighted by Gasteiger charge is 2.20. The van der Waals surface area contributed by atoms with Gasteiger partial charge in [-0.3, -0.25) is 0 Å². The normalized spacial score (nSPS) is 23.2. The van der Waals surface area contributed by atoms with Crippen LogP contribution in [-0.4, -0.2) is 36.1 Å². The van der Waals surface area contributed by atoms with E-state index in [-0.39, 0.29) is 0 Å². The van der Waals surface area contributed by atoms with Gasteiger partial charge in [0.25, 0.3) is 0 Å². The quantitative estimate of drug-likeness (QED) is 0.837. The van der Waals surface area contributed by atoms with E-state index >= 15 is 0 Å². The maximum Gasteiger partial charge on any atom is 0.140 e. The van der Waals surface area contributed by atoms with Gasteiger partial charge in [0.1, 0.15) is 11.8 Å². The van der Waals surface area contributed by atoms with E-state index in [0.717, 1.165) is 37.0 Å². The molecular weight excluding hydrogens is 248 g/mol. The maximum absolute atomic E-state index is 8.69. The number of piperidine rings is 1. The Morgan fingerprint density at radius 3 is 2.70 bits per heavy atom. The molecule has 0 spiro atoms. The molecule has 2 heterocycles. The van der Waals surface area contributed by atoms with Crippen molar-refractivity contribution in [1.29, 1.82) is 5.26 Å². The number of hydrogen-bond acceptors (Lipinski definition) is 4. The number of nitrogens with one attached hydrogen (secondary N) is 1. The second-order valence-electron chi connectivity index (χ2n) is 6.03. The number of pyridine rings is 1. The zero-order valence-electron chi connectivity index (χ0n) is 12.5. The van der Waals surface area contributed by atoms with Gasteiger partial charge in [0.15, 0.2) is 0 Å². The van der Waals surface area contributed by atoms with Crippen LogP contribution in [-0.2, 0) is 0 Å². The molecule has 1 saturated heterocycles. The summed E-state index contributed by atoms with van der Waals surface area (Å²) >= 11 is 0. The molecule has 0 saturated carbocycles. The fraction of sp³-hybridized carbons (Fsp3) is 0.625. The van der Waals surface area contributed by atoms with E-state index < -0.39 is 0 Å². The lowest BCUT2D eigenvalue weighted by Gasteiger charge is -2.34. The summed E-state index contributed by atoms with van der Waals surface area (Å²) < 4.78 is 0. The molecule has 1 fully saturated rings. The lowest BCUT2D eigenvalue weighted by Crippen LogP contribution is -2.39. The Morgan fingerprint density at radius 2 is 2.10 bits per heavy atom. The Labute approximate surface area is 121 Å². The molecule has 0 amide bonds. The molecule has 4 nitrogen and oxygen atoms in total. The molecule has 0 aromatic carbocycles. The number of anilines is 1. The van der Waals surface area contributed by atoms with Crippen molar-refractivity contribution in [2.45, 2.75) is 26.7 Å². The van der Waals surface area contributed by atoms with Gasteiger partial charge in [0, 0.05) is 19.6 Å². The predicted octanol–water partition coefficient (Wildman–Crippen LogP) is 2.73. The third-order valence-corrected chi connectivity index (χ3v) is 3.80. The summed E-state index contributed by atoms with van der Waals surface area (Å²) in [5, 5.41) is 12.1. The molecule has 0 radical (unpaired) electrons. The molecule has 2 atom stereocenters. The third kappa shape index (κ3) is 4.50. The molecule has 2 rings (SSSR count). The van der Waals surface area contributed by atoms with Crippen molar-refractivity contribution in [2.24, 2.45) is 11.8 Å². The summed E-state index contributed by atoms with van der Waals surface area (Å²) in [6, 6.07) is 5.69. The fourth-order valence-corrected chi connectivity index (χ4v) is 3.07. The van der Waals surface area contributed by atoms with Gasteiger partial charge in [-0.25, -0.2) is 4.98 Å². The van der Waals surface area contributed by atoms with E-state index in [1.54, 1.807) is 12.3 Å². The molecule has 1 aromatic heterocycles. The lowest BCUT2D eigenvalue weighted by molar-refractivity contribution is 0.141. The minimum Gasteiger partial charge on any atom is -0.384 e. The Bertz CT molecular complexity index is 439. The first-order valence-corrected chi connectivity index (χ1v) is 7.49. The van der Waals surface area contributed by atoms with Gasteiger partial charge < -0.3 is 10.2 Å². The van der Waals surface area contributed by atoms with Gasteiger partial charge in [-0.15, -0.1) is 0 Å². The number of aromatic nitrogens is 1. The lowest BCUT2D eigenvalue weighted by atomic mass is 9.92. The minimum absolute atomic E-state index is 0.465. The summed E-state index contributed by atoms with van der Waals surface area (Å²) in [7, 11) is 0. The van der Waals surface area contributed by atoms with E-state index in [1.165, 1.54) is 19.5 Å². The van der Waals surface area contributed by atoms with Gasteiger partial charge >= 0.3 is 0 Å². The van der Waals surface area contributed by atoms with Crippen LogP contribution < -0.4 is 5.32 Å². The minimum atomic E-state index is 0.465. The average molecular weight is 272 g/mol. The third-order valence-electron chi connectivity index (χ3n) is 3.80. The number of rotatable bonds is 5. The van der Waals surface area contributed by atoms with Gasteiger partial charge in [-0.1, -0.05) is 13.8 Å². The monoisotopic (exact) mass is 272 g/mol. The zero-order chi connectivity index (χ0) is 14.4. The first-order valence-electron chi connectivity index (χ1n) is 7.49. The van der Waals surface area contributed by atoms with Crippen LogP contribution in [0.15, 0.2) is 18.3 Å². The van der Waals surface area contributed by atoms with Crippen molar-refractivity contribution in [2.75, 3.05) is 31.5 Å². The number of likely N-dealkylation sites (tertiary alicyclic amines) is 1. The average Bonchev–Trinajstić information content (AvgIpc) is 2.43. The molecular formula is C16H24N4. The van der Waals surface area contributed by atoms with Crippen LogP contribution in [0.4, 0.5) is 5.69 Å². The van der Waals surface area contributed by atoms with E-state index in [1.807, 2.05) is 12.1 Å². The number of nitrogens with zero attached hydrogens (tertiary/aromatic N) is 3. The molecule has 1 aliphatic heterocycles. The topological polar surface area (TPSA) is 52.0 Å². The van der Waals surface area contributed by atoms with Crippen molar-refractivity contribution < 1.29 is 0 Å². The van der Waals surface area contributed by atoms with Crippen LogP contribution in [0.25, 0.3) is 0 Å². The predicted molar refractivity (Wildman–Crippen MR) is 81.4 cm³/mol. The Hall–Kier alpha value is -1.60. The fourth-order valence-electron chi connectivity index (χ4n) is 3.07. The highest BCUT2D eigenvalue weighted by Crippen LogP contribution is 2.20. The second-order valence-corrected chi connectivity index (χ2v) is 6.03. The molecule has 1 aromatic rings. The van der Waals surface area contributed by atoms with Gasteiger partial charge in [0.05, 0.1) is 11.9 Å². The second kappa shape index (κ2) is 7.25. The molecule has 1 N–H and O–H groups in total. The number of hydrogen-bond donors (Lipinski definition) is 1. The standard InChI is InChI=1S/C16H24N4/c1-13-8-14(2)12-20(11-13)7-3-6-18-16-5-4-15(9-17)19-10-16/h4-5,10,13-14,18H,3,6-8,11-12H2,1-2H3. The van der Waals surface area contributed by atoms with E-state index in [0.29, 0.717) is 5.69 Å². The van der Waals surface area contributed by atoms with Crippen LogP contribution in [0.2, 0.25) is 0 Å². The largest absolute Gasteiger partial charge is 0.384 e.